The molecule has 1 aromatic carbocycles. The topological polar surface area (TPSA) is 101 Å². The van der Waals surface area contributed by atoms with Crippen LogP contribution in [0.1, 0.15) is 25.8 Å². The maximum atomic E-state index is 13.3. The van der Waals surface area contributed by atoms with Crippen molar-refractivity contribution in [2.45, 2.75) is 49.5 Å². The van der Waals surface area contributed by atoms with E-state index in [9.17, 15) is 26.7 Å². The average molecular weight is 609 g/mol. The van der Waals surface area contributed by atoms with Crippen LogP contribution in [0.15, 0.2) is 80.7 Å². The molecule has 3 rings (SSSR count). The van der Waals surface area contributed by atoms with Crippen molar-refractivity contribution in [3.63, 3.8) is 0 Å². The first-order valence-corrected chi connectivity index (χ1v) is 14.9. The molecule has 9 nitrogen and oxygen atoms in total. The summed E-state index contributed by atoms with van der Waals surface area (Å²) in [6.07, 6.45) is 0.438. The van der Waals surface area contributed by atoms with Crippen LogP contribution in [0, 0.1) is 0 Å². The van der Waals surface area contributed by atoms with E-state index in [-0.39, 0.29) is 30.2 Å². The second-order valence-electron chi connectivity index (χ2n) is 10.6. The molecule has 0 aromatic heterocycles. The van der Waals surface area contributed by atoms with Crippen LogP contribution in [0.4, 0.5) is 13.2 Å². The van der Waals surface area contributed by atoms with Gasteiger partial charge in [-0.05, 0) is 83.2 Å². The molecule has 0 unspecified atom stereocenters. The van der Waals surface area contributed by atoms with Crippen LogP contribution < -0.4 is 5.32 Å². The number of aliphatic hydroxyl groups is 1. The molecular formula is C29H39F3N6O3S. The average Bonchev–Trinajstić information content (AvgIpc) is 2.91. The number of β-amino-alcohol motifs (C(OH)–C–C–N with tert-alkyl or cyclic N) is 1. The predicted molar refractivity (Wildman–Crippen MR) is 161 cm³/mol. The Morgan fingerprint density at radius 1 is 1.05 bits per heavy atom. The van der Waals surface area contributed by atoms with Gasteiger partial charge in [-0.25, -0.2) is 18.4 Å². The van der Waals surface area contributed by atoms with E-state index >= 15 is 0 Å². The lowest BCUT2D eigenvalue weighted by Crippen LogP contribution is -2.56. The first-order chi connectivity index (χ1) is 19.7. The quantitative estimate of drug-likeness (QED) is 0.294. The van der Waals surface area contributed by atoms with E-state index in [2.05, 4.69) is 38.5 Å². The molecule has 2 N–H and O–H groups in total. The van der Waals surface area contributed by atoms with Crippen LogP contribution in [0.5, 0.6) is 0 Å². The van der Waals surface area contributed by atoms with Crippen molar-refractivity contribution < 1.29 is 26.7 Å². The number of sulfonamides is 1. The summed E-state index contributed by atoms with van der Waals surface area (Å²) in [5.41, 5.74) is 0.952. The Labute approximate surface area is 246 Å². The molecule has 1 aromatic rings. The Hall–Kier alpha value is -3.26. The van der Waals surface area contributed by atoms with Gasteiger partial charge in [0.1, 0.15) is 11.6 Å². The van der Waals surface area contributed by atoms with Crippen molar-refractivity contribution in [3.8, 4) is 0 Å². The normalized spacial score (nSPS) is 22.3. The maximum Gasteiger partial charge on any atom is 0.412 e. The Morgan fingerprint density at radius 3 is 2.21 bits per heavy atom. The second-order valence-corrected chi connectivity index (χ2v) is 12.5. The highest BCUT2D eigenvalue weighted by atomic mass is 32.2. The van der Waals surface area contributed by atoms with Crippen molar-refractivity contribution in [3.05, 3.63) is 71.3 Å². The summed E-state index contributed by atoms with van der Waals surface area (Å²) in [5.74, 6) is 0.828. The zero-order valence-electron chi connectivity index (χ0n) is 24.3. The number of nitrogens with zero attached hydrogens (tertiary/aromatic N) is 5. The van der Waals surface area contributed by atoms with E-state index in [0.29, 0.717) is 6.04 Å². The highest BCUT2D eigenvalue weighted by Gasteiger charge is 2.35. The molecular weight excluding hydrogens is 569 g/mol. The van der Waals surface area contributed by atoms with Crippen molar-refractivity contribution in [1.29, 1.82) is 0 Å². The van der Waals surface area contributed by atoms with Gasteiger partial charge in [0.05, 0.1) is 17.0 Å². The minimum atomic E-state index is -4.47. The van der Waals surface area contributed by atoms with E-state index in [0.717, 1.165) is 49.1 Å². The third-order valence-electron chi connectivity index (χ3n) is 7.50. The van der Waals surface area contributed by atoms with E-state index in [4.69, 9.17) is 0 Å². The van der Waals surface area contributed by atoms with Crippen molar-refractivity contribution in [2.24, 2.45) is 9.98 Å². The van der Waals surface area contributed by atoms with Gasteiger partial charge in [0.25, 0.3) is 0 Å². The number of likely N-dealkylation sites (tertiary alicyclic amines) is 1. The number of likely N-dealkylation sites (N-methyl/N-ethyl adjacent to an activating group) is 1. The number of nitrogens with one attached hydrogen (secondary N) is 1. The fourth-order valence-corrected chi connectivity index (χ4v) is 5.96. The summed E-state index contributed by atoms with van der Waals surface area (Å²) >= 11 is 0. The Kier molecular flexibility index (Phi) is 10.9. The summed E-state index contributed by atoms with van der Waals surface area (Å²) in [5, 5.41) is 13.5. The standard InChI is InChI=1S/C29H39F3N6O3S/c1-20(7-14-28(34-4)37-17-23(18-37)36(5)6)22-9-11-24(12-10-22)42(40,41)38-16-15-25(26(39)19-38)35-27(33-3)13-8-21(2)29(30,31)32/h7-14,23,25-26,35,39H,3-4,15-19H2,1-2,5-6H3/b20-7+,21-8+,27-13+,28-14+/t25-,26+/m1/s1. The van der Waals surface area contributed by atoms with E-state index in [1.807, 2.05) is 33.2 Å². The van der Waals surface area contributed by atoms with E-state index in [1.165, 1.54) is 16.4 Å². The summed E-state index contributed by atoms with van der Waals surface area (Å²) in [6, 6.07) is 6.39. The molecule has 0 aliphatic carbocycles. The summed E-state index contributed by atoms with van der Waals surface area (Å²) < 4.78 is 66.0. The number of rotatable bonds is 11. The van der Waals surface area contributed by atoms with Crippen molar-refractivity contribution >= 4 is 29.0 Å². The molecule has 42 heavy (non-hydrogen) atoms. The lowest BCUT2D eigenvalue weighted by atomic mass is 10.0. The third kappa shape index (κ3) is 8.18. The molecule has 2 heterocycles. The van der Waals surface area contributed by atoms with Gasteiger partial charge in [-0.3, -0.25) is 0 Å². The summed E-state index contributed by atoms with van der Waals surface area (Å²) in [4.78, 5) is 12.2. The number of halogens is 3. The fraction of sp³-hybridized carbons (Fsp3) is 0.448. The largest absolute Gasteiger partial charge is 0.412 e. The fourth-order valence-electron chi connectivity index (χ4n) is 4.49. The van der Waals surface area contributed by atoms with Crippen LogP contribution in [0.3, 0.4) is 0 Å². The van der Waals surface area contributed by atoms with Gasteiger partial charge >= 0.3 is 6.18 Å². The molecule has 2 aliphatic rings. The van der Waals surface area contributed by atoms with Gasteiger partial charge < -0.3 is 20.2 Å². The number of hydrogen-bond acceptors (Lipinski definition) is 8. The first-order valence-electron chi connectivity index (χ1n) is 13.4. The SMILES string of the molecule is C=N/C(=C\C=C(/C)C(F)(F)F)N[C@@H]1CCN(S(=O)(=O)c2ccc(/C(C)=C/C=C(\N=C)N3CC(N(C)C)C3)cc2)C[C@@H]1O. The molecule has 0 saturated carbocycles. The van der Waals surface area contributed by atoms with E-state index in [1.54, 1.807) is 12.1 Å². The number of benzene rings is 1. The molecule has 0 spiro atoms. The molecule has 2 saturated heterocycles. The number of piperidine rings is 1. The zero-order valence-corrected chi connectivity index (χ0v) is 25.2. The third-order valence-corrected chi connectivity index (χ3v) is 9.37. The summed E-state index contributed by atoms with van der Waals surface area (Å²) in [7, 11) is 0.206. The zero-order chi connectivity index (χ0) is 31.2. The summed E-state index contributed by atoms with van der Waals surface area (Å²) in [6.45, 7) is 11.6. The van der Waals surface area contributed by atoms with Crippen LogP contribution in [-0.2, 0) is 10.0 Å². The van der Waals surface area contributed by atoms with Gasteiger partial charge in [-0.2, -0.15) is 17.5 Å². The van der Waals surface area contributed by atoms with Gasteiger partial charge in [0, 0.05) is 37.8 Å². The molecule has 2 atom stereocenters. The van der Waals surface area contributed by atoms with Crippen molar-refractivity contribution in [1.82, 2.24) is 19.4 Å². The van der Waals surface area contributed by atoms with Gasteiger partial charge in [-0.1, -0.05) is 24.3 Å². The second kappa shape index (κ2) is 13.8. The molecule has 230 valence electrons. The Balaban J connectivity index is 1.64. The number of hydrogen-bond donors (Lipinski definition) is 2. The number of aliphatic imine (C=N–C) groups is 2. The van der Waals surface area contributed by atoms with Crippen LogP contribution >= 0.6 is 0 Å². The first kappa shape index (κ1) is 33.2. The van der Waals surface area contributed by atoms with Crippen LogP contribution in [-0.4, -0.2) is 106 Å². The highest BCUT2D eigenvalue weighted by molar-refractivity contribution is 7.89. The molecule has 0 bridgehead atoms. The van der Waals surface area contributed by atoms with E-state index < -0.39 is 33.9 Å². The van der Waals surface area contributed by atoms with Crippen LogP contribution in [0.25, 0.3) is 5.57 Å². The highest BCUT2D eigenvalue weighted by Crippen LogP contribution is 2.26. The minimum Gasteiger partial charge on any atom is -0.390 e. The maximum absolute atomic E-state index is 13.3. The van der Waals surface area contributed by atoms with Gasteiger partial charge in [0.2, 0.25) is 10.0 Å². The van der Waals surface area contributed by atoms with Gasteiger partial charge in [0.15, 0.2) is 0 Å². The molecule has 13 heteroatoms. The Bertz CT molecular complexity index is 1360. The molecule has 0 radical (unpaired) electrons. The van der Waals surface area contributed by atoms with Crippen LogP contribution in [0.2, 0.25) is 0 Å². The number of aliphatic hydroxyl groups excluding tert-OH is 1. The number of alkyl halides is 3. The van der Waals surface area contributed by atoms with Gasteiger partial charge in [-0.15, -0.1) is 0 Å². The monoisotopic (exact) mass is 608 g/mol. The lowest BCUT2D eigenvalue weighted by molar-refractivity contribution is -0.0913. The Morgan fingerprint density at radius 2 is 1.69 bits per heavy atom. The smallest absolute Gasteiger partial charge is 0.390 e. The molecule has 2 aliphatic heterocycles. The molecule has 0 amide bonds. The molecule has 2 fully saturated rings. The lowest BCUT2D eigenvalue weighted by Gasteiger charge is -2.44. The number of allylic oxidation sites excluding steroid dienone is 6. The predicted octanol–water partition coefficient (Wildman–Crippen LogP) is 3.64. The van der Waals surface area contributed by atoms with Crippen molar-refractivity contribution in [2.75, 3.05) is 40.3 Å². The minimum absolute atomic E-state index is 0.0476.